The molecule has 2 aromatic carbocycles. The maximum atomic E-state index is 12.7. The van der Waals surface area contributed by atoms with Gasteiger partial charge in [0.25, 0.3) is 5.91 Å². The molecule has 1 aliphatic rings. The molecule has 0 saturated carbocycles. The summed E-state index contributed by atoms with van der Waals surface area (Å²) in [5.41, 5.74) is 3.17. The van der Waals surface area contributed by atoms with Crippen molar-refractivity contribution in [1.29, 1.82) is 0 Å². The van der Waals surface area contributed by atoms with Crippen molar-refractivity contribution in [3.63, 3.8) is 0 Å². The van der Waals surface area contributed by atoms with E-state index in [1.54, 1.807) is 0 Å². The smallest absolute Gasteiger partial charge is 0.251 e. The molecule has 178 valence electrons. The van der Waals surface area contributed by atoms with Gasteiger partial charge in [-0.05, 0) is 76.1 Å². The predicted molar refractivity (Wildman–Crippen MR) is 136 cm³/mol. The largest absolute Gasteiger partial charge is 0.471 e. The highest BCUT2D eigenvalue weighted by molar-refractivity contribution is 6.31. The predicted octanol–water partition coefficient (Wildman–Crippen LogP) is 6.52. The number of pyridine rings is 1. The maximum absolute atomic E-state index is 12.7. The zero-order valence-corrected chi connectivity index (χ0v) is 21.4. The molecule has 1 amide bonds. The number of aliphatic hydroxyl groups is 1. The van der Waals surface area contributed by atoms with Crippen molar-refractivity contribution in [1.82, 2.24) is 10.3 Å². The quantitative estimate of drug-likeness (QED) is 0.429. The topological polar surface area (TPSA) is 71.5 Å². The van der Waals surface area contributed by atoms with Crippen LogP contribution >= 0.6 is 23.2 Å². The van der Waals surface area contributed by atoms with E-state index in [1.807, 2.05) is 69.3 Å². The lowest BCUT2D eigenvalue weighted by atomic mass is 9.87. The van der Waals surface area contributed by atoms with Gasteiger partial charge in [0.05, 0.1) is 11.7 Å². The van der Waals surface area contributed by atoms with Gasteiger partial charge in [-0.2, -0.15) is 0 Å². The van der Waals surface area contributed by atoms with Gasteiger partial charge in [0.1, 0.15) is 11.2 Å². The van der Waals surface area contributed by atoms with Gasteiger partial charge in [0, 0.05) is 33.2 Å². The minimum absolute atomic E-state index is 0.378. The lowest BCUT2D eigenvalue weighted by molar-refractivity contribution is -0.137. The molecule has 0 saturated heterocycles. The van der Waals surface area contributed by atoms with Crippen LogP contribution in [0.1, 0.15) is 51.3 Å². The van der Waals surface area contributed by atoms with Crippen molar-refractivity contribution >= 4 is 29.1 Å². The molecule has 1 unspecified atom stereocenters. The molecule has 2 heterocycles. The van der Waals surface area contributed by atoms with Gasteiger partial charge >= 0.3 is 0 Å². The Labute approximate surface area is 210 Å². The van der Waals surface area contributed by atoms with Crippen molar-refractivity contribution in [3.8, 4) is 28.3 Å². The molecule has 4 rings (SSSR count). The van der Waals surface area contributed by atoms with Crippen LogP contribution in [0.3, 0.4) is 0 Å². The molecule has 34 heavy (non-hydrogen) atoms. The molecule has 1 atom stereocenters. The van der Waals surface area contributed by atoms with E-state index in [0.717, 1.165) is 33.5 Å². The van der Waals surface area contributed by atoms with Gasteiger partial charge in [-0.1, -0.05) is 41.4 Å². The van der Waals surface area contributed by atoms with E-state index in [4.69, 9.17) is 32.9 Å². The normalized spacial score (nSPS) is 17.0. The number of hydrogen-bond acceptors (Lipinski definition) is 4. The summed E-state index contributed by atoms with van der Waals surface area (Å²) in [5.74, 6) is 0.00572. The first-order valence-electron chi connectivity index (χ1n) is 11.1. The number of fused-ring (bicyclic) bond motifs is 1. The highest BCUT2D eigenvalue weighted by atomic mass is 35.5. The molecule has 0 radical (unpaired) electrons. The Morgan fingerprint density at radius 3 is 2.35 bits per heavy atom. The van der Waals surface area contributed by atoms with Crippen LogP contribution in [0.25, 0.3) is 22.4 Å². The number of nitrogens with zero attached hydrogens (tertiary/aromatic N) is 1. The maximum Gasteiger partial charge on any atom is 0.251 e. The number of halogens is 2. The molecule has 0 spiro atoms. The Bertz CT molecular complexity index is 1250. The average Bonchev–Trinajstić information content (AvgIpc) is 2.72. The number of carbonyl (C=O) groups is 1. The minimum Gasteiger partial charge on any atom is -0.471 e. The molecule has 5 nitrogen and oxygen atoms in total. The van der Waals surface area contributed by atoms with Gasteiger partial charge in [-0.15, -0.1) is 0 Å². The third-order valence-corrected chi connectivity index (χ3v) is 6.41. The van der Waals surface area contributed by atoms with Crippen LogP contribution in [0.2, 0.25) is 10.0 Å². The number of aromatic nitrogens is 1. The molecular formula is C27H28Cl2N2O3. The molecule has 7 heteroatoms. The van der Waals surface area contributed by atoms with E-state index in [1.165, 1.54) is 13.8 Å². The molecular weight excluding hydrogens is 471 g/mol. The van der Waals surface area contributed by atoms with E-state index >= 15 is 0 Å². The Hall–Kier alpha value is -2.60. The van der Waals surface area contributed by atoms with E-state index in [2.05, 4.69) is 5.32 Å². The average molecular weight is 499 g/mol. The van der Waals surface area contributed by atoms with E-state index in [0.29, 0.717) is 22.3 Å². The second-order valence-corrected chi connectivity index (χ2v) is 10.8. The zero-order valence-electron chi connectivity index (χ0n) is 19.9. The fourth-order valence-corrected chi connectivity index (χ4v) is 4.51. The highest BCUT2D eigenvalue weighted by Gasteiger charge is 2.38. The Balaban J connectivity index is 1.93. The summed E-state index contributed by atoms with van der Waals surface area (Å²) in [5, 5.41) is 14.5. The second kappa shape index (κ2) is 8.88. The van der Waals surface area contributed by atoms with Crippen molar-refractivity contribution in [2.75, 3.05) is 0 Å². The van der Waals surface area contributed by atoms with Gasteiger partial charge < -0.3 is 15.2 Å². The first-order chi connectivity index (χ1) is 15.8. The minimum atomic E-state index is -1.50. The number of nitrogens with one attached hydrogen (secondary N) is 1. The van der Waals surface area contributed by atoms with Gasteiger partial charge in [-0.3, -0.25) is 4.79 Å². The lowest BCUT2D eigenvalue weighted by Gasteiger charge is -2.38. The number of amides is 1. The monoisotopic (exact) mass is 498 g/mol. The molecule has 3 aromatic rings. The Kier molecular flexibility index (Phi) is 6.40. The summed E-state index contributed by atoms with van der Waals surface area (Å²) in [6.45, 7) is 8.85. The van der Waals surface area contributed by atoms with Gasteiger partial charge in [0.15, 0.2) is 0 Å². The summed E-state index contributed by atoms with van der Waals surface area (Å²) in [6, 6.07) is 14.9. The molecule has 1 aliphatic heterocycles. The van der Waals surface area contributed by atoms with Crippen molar-refractivity contribution in [2.45, 2.75) is 58.3 Å². The fourth-order valence-electron chi connectivity index (χ4n) is 4.16. The van der Waals surface area contributed by atoms with Crippen molar-refractivity contribution < 1.29 is 14.6 Å². The highest BCUT2D eigenvalue weighted by Crippen LogP contribution is 2.44. The molecule has 0 aliphatic carbocycles. The van der Waals surface area contributed by atoms with Gasteiger partial charge in [0.2, 0.25) is 5.88 Å². The SMILES string of the molecule is Cc1cc(Cl)ccc1-c1nc2c(cc1-c1ccc(Cl)cc1)C(NC(=O)C(C)(C)O)CC(C)(C)O2. The van der Waals surface area contributed by atoms with E-state index in [9.17, 15) is 9.90 Å². The van der Waals surface area contributed by atoms with Crippen molar-refractivity contribution in [2.24, 2.45) is 0 Å². The molecule has 0 bridgehead atoms. The van der Waals surface area contributed by atoms with Crippen LogP contribution in [0.5, 0.6) is 5.88 Å². The molecule has 0 fully saturated rings. The summed E-state index contributed by atoms with van der Waals surface area (Å²) < 4.78 is 6.28. The summed E-state index contributed by atoms with van der Waals surface area (Å²) >= 11 is 12.4. The van der Waals surface area contributed by atoms with Crippen LogP contribution in [0, 0.1) is 6.92 Å². The standard InChI is InChI=1S/C27H28Cl2N2O3/c1-15-12-18(29)10-11-19(15)23-20(16-6-8-17(28)9-7-16)13-21-22(30-25(32)27(4,5)33)14-26(2,3)34-24(21)31-23/h6-13,22,33H,14H2,1-5H3,(H,30,32). The van der Waals surface area contributed by atoms with Crippen LogP contribution in [-0.2, 0) is 4.79 Å². The van der Waals surface area contributed by atoms with Crippen LogP contribution in [0.15, 0.2) is 48.5 Å². The Morgan fingerprint density at radius 2 is 1.74 bits per heavy atom. The number of hydrogen-bond donors (Lipinski definition) is 2. The van der Waals surface area contributed by atoms with Gasteiger partial charge in [-0.25, -0.2) is 4.98 Å². The fraction of sp³-hybridized carbons (Fsp3) is 0.333. The number of ether oxygens (including phenoxy) is 1. The van der Waals surface area contributed by atoms with E-state index < -0.39 is 17.1 Å². The number of rotatable bonds is 4. The second-order valence-electron chi connectivity index (χ2n) is 9.90. The Morgan fingerprint density at radius 1 is 1.09 bits per heavy atom. The molecule has 1 aromatic heterocycles. The third-order valence-electron chi connectivity index (χ3n) is 5.92. The summed E-state index contributed by atoms with van der Waals surface area (Å²) in [7, 11) is 0. The third kappa shape index (κ3) is 5.07. The zero-order chi connectivity index (χ0) is 24.8. The lowest BCUT2D eigenvalue weighted by Crippen LogP contribution is -2.47. The summed E-state index contributed by atoms with van der Waals surface area (Å²) in [4.78, 5) is 17.6. The number of carbonyl (C=O) groups excluding carboxylic acids is 1. The number of benzene rings is 2. The number of aryl methyl sites for hydroxylation is 1. The van der Waals surface area contributed by atoms with Crippen molar-refractivity contribution in [3.05, 3.63) is 69.7 Å². The van der Waals surface area contributed by atoms with Crippen LogP contribution in [0.4, 0.5) is 0 Å². The molecule has 2 N–H and O–H groups in total. The summed E-state index contributed by atoms with van der Waals surface area (Å²) in [6.07, 6.45) is 0.531. The van der Waals surface area contributed by atoms with Crippen LogP contribution < -0.4 is 10.1 Å². The first kappa shape index (κ1) is 24.5. The first-order valence-corrected chi connectivity index (χ1v) is 11.9. The van der Waals surface area contributed by atoms with E-state index in [-0.39, 0.29) is 6.04 Å². The van der Waals surface area contributed by atoms with Crippen LogP contribution in [-0.4, -0.2) is 27.2 Å².